The molecule has 2 aromatic rings. The van der Waals surface area contributed by atoms with Gasteiger partial charge in [0.05, 0.1) is 6.42 Å². The molecule has 0 atom stereocenters. The SMILES string of the molecule is O=C(Cc1cccc(F)c1)NCCNC(=O)c1cccc(N2CCNC2=O)c1. The number of anilines is 1. The molecular formula is C20H21FN4O3. The zero-order valence-electron chi connectivity index (χ0n) is 15.2. The number of hydrogen-bond donors (Lipinski definition) is 3. The summed E-state index contributed by atoms with van der Waals surface area (Å²) in [7, 11) is 0. The molecule has 0 unspecified atom stereocenters. The first kappa shape index (κ1) is 19.3. The Hall–Kier alpha value is -3.42. The van der Waals surface area contributed by atoms with E-state index in [1.54, 1.807) is 41.3 Å². The van der Waals surface area contributed by atoms with Crippen molar-refractivity contribution >= 4 is 23.5 Å². The smallest absolute Gasteiger partial charge is 0.321 e. The number of nitrogens with zero attached hydrogens (tertiary/aromatic N) is 1. The molecular weight excluding hydrogens is 363 g/mol. The summed E-state index contributed by atoms with van der Waals surface area (Å²) in [5.41, 5.74) is 1.68. The van der Waals surface area contributed by atoms with Crippen molar-refractivity contribution < 1.29 is 18.8 Å². The molecule has 2 aromatic carbocycles. The topological polar surface area (TPSA) is 90.5 Å². The minimum absolute atomic E-state index is 0.0751. The van der Waals surface area contributed by atoms with Crippen molar-refractivity contribution in [1.29, 1.82) is 0 Å². The summed E-state index contributed by atoms with van der Waals surface area (Å²) in [6, 6.07) is 12.5. The molecule has 0 saturated carbocycles. The molecule has 8 heteroatoms. The molecule has 0 radical (unpaired) electrons. The van der Waals surface area contributed by atoms with E-state index in [1.165, 1.54) is 12.1 Å². The summed E-state index contributed by atoms with van der Waals surface area (Å²) in [5, 5.41) is 8.12. The molecule has 0 aliphatic carbocycles. The highest BCUT2D eigenvalue weighted by molar-refractivity contribution is 5.98. The van der Waals surface area contributed by atoms with Crippen molar-refractivity contribution in [2.24, 2.45) is 0 Å². The Morgan fingerprint density at radius 2 is 1.86 bits per heavy atom. The normalized spacial score (nSPS) is 13.2. The molecule has 1 saturated heterocycles. The molecule has 0 aromatic heterocycles. The Labute approximate surface area is 161 Å². The average molecular weight is 384 g/mol. The van der Waals surface area contributed by atoms with E-state index in [1.807, 2.05) is 0 Å². The fraction of sp³-hybridized carbons (Fsp3) is 0.250. The van der Waals surface area contributed by atoms with Gasteiger partial charge in [-0.15, -0.1) is 0 Å². The summed E-state index contributed by atoms with van der Waals surface area (Å²) >= 11 is 0. The van der Waals surface area contributed by atoms with Crippen LogP contribution in [-0.4, -0.2) is 44.0 Å². The quantitative estimate of drug-likeness (QED) is 0.631. The lowest BCUT2D eigenvalue weighted by Crippen LogP contribution is -2.35. The van der Waals surface area contributed by atoms with Crippen LogP contribution in [-0.2, 0) is 11.2 Å². The zero-order valence-corrected chi connectivity index (χ0v) is 15.2. The van der Waals surface area contributed by atoms with E-state index < -0.39 is 0 Å². The lowest BCUT2D eigenvalue weighted by Gasteiger charge is -2.15. The summed E-state index contributed by atoms with van der Waals surface area (Å²) in [5.74, 6) is -0.922. The van der Waals surface area contributed by atoms with Crippen LogP contribution in [0.1, 0.15) is 15.9 Å². The van der Waals surface area contributed by atoms with Crippen LogP contribution in [0, 0.1) is 5.82 Å². The van der Waals surface area contributed by atoms with Crippen molar-refractivity contribution in [3.8, 4) is 0 Å². The Bertz CT molecular complexity index is 887. The summed E-state index contributed by atoms with van der Waals surface area (Å²) in [4.78, 5) is 37.5. The van der Waals surface area contributed by atoms with E-state index in [0.717, 1.165) is 0 Å². The van der Waals surface area contributed by atoms with Crippen LogP contribution in [0.4, 0.5) is 14.9 Å². The predicted octanol–water partition coefficient (Wildman–Crippen LogP) is 1.44. The van der Waals surface area contributed by atoms with E-state index >= 15 is 0 Å². The Balaban J connectivity index is 1.44. The standard InChI is InChI=1S/C20H21FN4O3/c21-16-5-1-3-14(11-16)12-18(26)22-7-8-23-19(27)15-4-2-6-17(13-15)25-10-9-24-20(25)28/h1-6,11,13H,7-10,12H2,(H,22,26)(H,23,27)(H,24,28). The van der Waals surface area contributed by atoms with Crippen LogP contribution in [0.15, 0.2) is 48.5 Å². The van der Waals surface area contributed by atoms with Gasteiger partial charge in [0.2, 0.25) is 5.91 Å². The third-order valence-corrected chi connectivity index (χ3v) is 4.26. The van der Waals surface area contributed by atoms with E-state index in [0.29, 0.717) is 29.9 Å². The first-order valence-corrected chi connectivity index (χ1v) is 8.98. The maximum Gasteiger partial charge on any atom is 0.321 e. The molecule has 146 valence electrons. The molecule has 1 aliphatic rings. The Kier molecular flexibility index (Phi) is 6.21. The average Bonchev–Trinajstić information content (AvgIpc) is 3.11. The molecule has 28 heavy (non-hydrogen) atoms. The molecule has 3 N–H and O–H groups in total. The number of amides is 4. The van der Waals surface area contributed by atoms with Gasteiger partial charge < -0.3 is 16.0 Å². The number of halogens is 1. The fourth-order valence-electron chi connectivity index (χ4n) is 2.91. The van der Waals surface area contributed by atoms with Crippen LogP contribution >= 0.6 is 0 Å². The maximum atomic E-state index is 13.1. The van der Waals surface area contributed by atoms with E-state index in [-0.39, 0.29) is 43.2 Å². The highest BCUT2D eigenvalue weighted by atomic mass is 19.1. The second kappa shape index (κ2) is 8.98. The predicted molar refractivity (Wildman–Crippen MR) is 103 cm³/mol. The number of urea groups is 1. The molecule has 1 fully saturated rings. The summed E-state index contributed by atoms with van der Waals surface area (Å²) in [6.07, 6.45) is 0.0751. The Morgan fingerprint density at radius 3 is 2.61 bits per heavy atom. The molecule has 0 spiro atoms. The van der Waals surface area contributed by atoms with Gasteiger partial charge in [-0.3, -0.25) is 14.5 Å². The van der Waals surface area contributed by atoms with Gasteiger partial charge in [-0.05, 0) is 35.9 Å². The van der Waals surface area contributed by atoms with Crippen LogP contribution < -0.4 is 20.9 Å². The lowest BCUT2D eigenvalue weighted by atomic mass is 10.1. The molecule has 4 amide bonds. The van der Waals surface area contributed by atoms with Gasteiger partial charge in [0.25, 0.3) is 5.91 Å². The third kappa shape index (κ3) is 5.06. The third-order valence-electron chi connectivity index (χ3n) is 4.26. The summed E-state index contributed by atoms with van der Waals surface area (Å²) in [6.45, 7) is 1.64. The number of rotatable bonds is 7. The zero-order chi connectivity index (χ0) is 19.9. The van der Waals surface area contributed by atoms with Crippen LogP contribution in [0.2, 0.25) is 0 Å². The number of carbonyl (C=O) groups excluding carboxylic acids is 3. The largest absolute Gasteiger partial charge is 0.354 e. The molecule has 7 nitrogen and oxygen atoms in total. The monoisotopic (exact) mass is 384 g/mol. The van der Waals surface area contributed by atoms with Crippen LogP contribution in [0.5, 0.6) is 0 Å². The van der Waals surface area contributed by atoms with Gasteiger partial charge >= 0.3 is 6.03 Å². The van der Waals surface area contributed by atoms with E-state index in [4.69, 9.17) is 0 Å². The molecule has 3 rings (SSSR count). The maximum absolute atomic E-state index is 13.1. The number of nitrogens with one attached hydrogen (secondary N) is 3. The lowest BCUT2D eigenvalue weighted by molar-refractivity contribution is -0.120. The van der Waals surface area contributed by atoms with Crippen LogP contribution in [0.25, 0.3) is 0 Å². The van der Waals surface area contributed by atoms with Crippen LogP contribution in [0.3, 0.4) is 0 Å². The minimum atomic E-state index is -0.383. The number of benzene rings is 2. The van der Waals surface area contributed by atoms with Crippen molar-refractivity contribution in [2.45, 2.75) is 6.42 Å². The molecule has 1 aliphatic heterocycles. The summed E-state index contributed by atoms with van der Waals surface area (Å²) < 4.78 is 13.1. The highest BCUT2D eigenvalue weighted by Crippen LogP contribution is 2.18. The molecule has 1 heterocycles. The first-order chi connectivity index (χ1) is 13.5. The van der Waals surface area contributed by atoms with Crippen molar-refractivity contribution in [1.82, 2.24) is 16.0 Å². The second-order valence-electron chi connectivity index (χ2n) is 6.35. The van der Waals surface area contributed by atoms with E-state index in [2.05, 4.69) is 16.0 Å². The van der Waals surface area contributed by atoms with E-state index in [9.17, 15) is 18.8 Å². The minimum Gasteiger partial charge on any atom is -0.354 e. The Morgan fingerprint density at radius 1 is 1.07 bits per heavy atom. The van der Waals surface area contributed by atoms with Gasteiger partial charge in [0.1, 0.15) is 5.82 Å². The van der Waals surface area contributed by atoms with Gasteiger partial charge in [-0.1, -0.05) is 18.2 Å². The van der Waals surface area contributed by atoms with Gasteiger partial charge in [0, 0.05) is 37.4 Å². The number of hydrogen-bond acceptors (Lipinski definition) is 3. The molecule has 0 bridgehead atoms. The van der Waals surface area contributed by atoms with Gasteiger partial charge in [-0.25, -0.2) is 9.18 Å². The fourth-order valence-corrected chi connectivity index (χ4v) is 2.91. The second-order valence-corrected chi connectivity index (χ2v) is 6.35. The number of carbonyl (C=O) groups is 3. The van der Waals surface area contributed by atoms with Gasteiger partial charge in [0.15, 0.2) is 0 Å². The van der Waals surface area contributed by atoms with Crippen molar-refractivity contribution in [3.63, 3.8) is 0 Å². The highest BCUT2D eigenvalue weighted by Gasteiger charge is 2.21. The van der Waals surface area contributed by atoms with Gasteiger partial charge in [-0.2, -0.15) is 0 Å². The van der Waals surface area contributed by atoms with Crippen molar-refractivity contribution in [2.75, 3.05) is 31.1 Å². The van der Waals surface area contributed by atoms with Crippen molar-refractivity contribution in [3.05, 3.63) is 65.5 Å². The first-order valence-electron chi connectivity index (χ1n) is 8.98.